The Bertz CT molecular complexity index is 672. The maximum Gasteiger partial charge on any atom is 0.234 e. The second-order valence-electron chi connectivity index (χ2n) is 6.47. The normalized spacial score (nSPS) is 19.2. The van der Waals surface area contributed by atoms with E-state index in [0.29, 0.717) is 12.5 Å². The van der Waals surface area contributed by atoms with Gasteiger partial charge in [0.2, 0.25) is 5.91 Å². The van der Waals surface area contributed by atoms with E-state index in [9.17, 15) is 9.18 Å². The lowest BCUT2D eigenvalue weighted by Gasteiger charge is -2.19. The van der Waals surface area contributed by atoms with Crippen LogP contribution in [0.3, 0.4) is 0 Å². The molecule has 3 rings (SSSR count). The summed E-state index contributed by atoms with van der Waals surface area (Å²) in [5.74, 6) is 0.260. The van der Waals surface area contributed by atoms with Crippen LogP contribution in [-0.4, -0.2) is 30.4 Å². The molecule has 0 spiro atoms. The fourth-order valence-electron chi connectivity index (χ4n) is 3.30. The molecular weight excluding hydrogens is 303 g/mol. The monoisotopic (exact) mass is 326 g/mol. The molecule has 4 heteroatoms. The van der Waals surface area contributed by atoms with Crippen molar-refractivity contribution in [1.29, 1.82) is 0 Å². The lowest BCUT2D eigenvalue weighted by atomic mass is 9.99. The Kier molecular flexibility index (Phi) is 5.26. The Morgan fingerprint density at radius 2 is 1.92 bits per heavy atom. The summed E-state index contributed by atoms with van der Waals surface area (Å²) in [4.78, 5) is 14.5. The molecule has 1 aliphatic rings. The number of rotatable bonds is 5. The van der Waals surface area contributed by atoms with Crippen LogP contribution in [0.5, 0.6) is 0 Å². The summed E-state index contributed by atoms with van der Waals surface area (Å²) < 4.78 is 13.0. The average Bonchev–Trinajstić information content (AvgIpc) is 3.04. The SMILES string of the molecule is C[C@H](NC(=O)CN1CC[C@@H](c2ccccc2)C1)c1ccc(F)cc1. The third-order valence-electron chi connectivity index (χ3n) is 4.66. The Balaban J connectivity index is 1.49. The minimum absolute atomic E-state index is 0.0144. The van der Waals surface area contributed by atoms with Gasteiger partial charge in [-0.25, -0.2) is 4.39 Å². The molecule has 1 fully saturated rings. The largest absolute Gasteiger partial charge is 0.348 e. The third kappa shape index (κ3) is 4.20. The van der Waals surface area contributed by atoms with Gasteiger partial charge in [-0.1, -0.05) is 42.5 Å². The second-order valence-corrected chi connectivity index (χ2v) is 6.47. The van der Waals surface area contributed by atoms with Crippen molar-refractivity contribution in [2.75, 3.05) is 19.6 Å². The molecule has 2 aromatic carbocycles. The van der Waals surface area contributed by atoms with Crippen LogP contribution in [-0.2, 0) is 4.79 Å². The van der Waals surface area contributed by atoms with Crippen LogP contribution < -0.4 is 5.32 Å². The van der Waals surface area contributed by atoms with Crippen LogP contribution in [0.2, 0.25) is 0 Å². The van der Waals surface area contributed by atoms with Gasteiger partial charge >= 0.3 is 0 Å². The van der Waals surface area contributed by atoms with E-state index in [0.717, 1.165) is 25.1 Å². The van der Waals surface area contributed by atoms with Gasteiger partial charge in [-0.3, -0.25) is 9.69 Å². The zero-order valence-corrected chi connectivity index (χ0v) is 13.9. The molecule has 1 saturated heterocycles. The van der Waals surface area contributed by atoms with Gasteiger partial charge in [0.15, 0.2) is 0 Å². The van der Waals surface area contributed by atoms with Gasteiger partial charge in [-0.2, -0.15) is 0 Å². The third-order valence-corrected chi connectivity index (χ3v) is 4.66. The van der Waals surface area contributed by atoms with Crippen molar-refractivity contribution in [3.05, 3.63) is 71.5 Å². The molecular formula is C20H23FN2O. The van der Waals surface area contributed by atoms with E-state index in [1.165, 1.54) is 17.7 Å². The van der Waals surface area contributed by atoms with Crippen molar-refractivity contribution in [3.63, 3.8) is 0 Å². The zero-order chi connectivity index (χ0) is 16.9. The van der Waals surface area contributed by atoms with E-state index in [4.69, 9.17) is 0 Å². The number of hydrogen-bond acceptors (Lipinski definition) is 2. The molecule has 1 aliphatic heterocycles. The lowest BCUT2D eigenvalue weighted by molar-refractivity contribution is -0.122. The van der Waals surface area contributed by atoms with Gasteiger partial charge in [0.25, 0.3) is 0 Å². The predicted octanol–water partition coefficient (Wildman–Crippen LogP) is 3.49. The predicted molar refractivity (Wildman–Crippen MR) is 93.2 cm³/mol. The molecule has 0 radical (unpaired) electrons. The Morgan fingerprint density at radius 1 is 1.21 bits per heavy atom. The Morgan fingerprint density at radius 3 is 2.62 bits per heavy atom. The topological polar surface area (TPSA) is 32.3 Å². The van der Waals surface area contributed by atoms with Gasteiger partial charge < -0.3 is 5.32 Å². The molecule has 0 saturated carbocycles. The van der Waals surface area contributed by atoms with Crippen molar-refractivity contribution in [2.24, 2.45) is 0 Å². The van der Waals surface area contributed by atoms with Crippen LogP contribution >= 0.6 is 0 Å². The molecule has 3 nitrogen and oxygen atoms in total. The molecule has 24 heavy (non-hydrogen) atoms. The van der Waals surface area contributed by atoms with Crippen molar-refractivity contribution in [1.82, 2.24) is 10.2 Å². The molecule has 1 amide bonds. The van der Waals surface area contributed by atoms with E-state index in [1.54, 1.807) is 12.1 Å². The summed E-state index contributed by atoms with van der Waals surface area (Å²) >= 11 is 0. The van der Waals surface area contributed by atoms with E-state index >= 15 is 0 Å². The number of halogens is 1. The quantitative estimate of drug-likeness (QED) is 0.912. The fraction of sp³-hybridized carbons (Fsp3) is 0.350. The first-order valence-corrected chi connectivity index (χ1v) is 8.44. The van der Waals surface area contributed by atoms with Crippen molar-refractivity contribution >= 4 is 5.91 Å². The number of likely N-dealkylation sites (tertiary alicyclic amines) is 1. The summed E-state index contributed by atoms with van der Waals surface area (Å²) in [5, 5.41) is 2.99. The van der Waals surface area contributed by atoms with Crippen LogP contribution in [0.15, 0.2) is 54.6 Å². The van der Waals surface area contributed by atoms with Crippen LogP contribution in [0.25, 0.3) is 0 Å². The standard InChI is InChI=1S/C20H23FN2O/c1-15(16-7-9-19(21)10-8-16)22-20(24)14-23-12-11-18(13-23)17-5-3-2-4-6-17/h2-10,15,18H,11-14H2,1H3,(H,22,24)/t15-,18+/m0/s1. The van der Waals surface area contributed by atoms with Crippen LogP contribution in [0.1, 0.15) is 36.4 Å². The Labute approximate surface area is 142 Å². The molecule has 2 atom stereocenters. The number of carbonyl (C=O) groups excluding carboxylic acids is 1. The molecule has 0 bridgehead atoms. The van der Waals surface area contributed by atoms with Gasteiger partial charge in [-0.05, 0) is 49.1 Å². The maximum absolute atomic E-state index is 13.0. The number of benzene rings is 2. The van der Waals surface area contributed by atoms with E-state index < -0.39 is 0 Å². The summed E-state index contributed by atoms with van der Waals surface area (Å²) in [6.07, 6.45) is 1.09. The molecule has 1 heterocycles. The molecule has 1 N–H and O–H groups in total. The number of hydrogen-bond donors (Lipinski definition) is 1. The molecule has 126 valence electrons. The summed E-state index contributed by atoms with van der Waals surface area (Å²) in [6.45, 7) is 4.19. The summed E-state index contributed by atoms with van der Waals surface area (Å²) in [5.41, 5.74) is 2.26. The van der Waals surface area contributed by atoms with E-state index in [2.05, 4.69) is 34.5 Å². The number of carbonyl (C=O) groups is 1. The van der Waals surface area contributed by atoms with E-state index in [-0.39, 0.29) is 17.8 Å². The highest BCUT2D eigenvalue weighted by molar-refractivity contribution is 5.78. The number of nitrogens with one attached hydrogen (secondary N) is 1. The second kappa shape index (κ2) is 7.58. The maximum atomic E-state index is 13.0. The molecule has 0 unspecified atom stereocenters. The highest BCUT2D eigenvalue weighted by atomic mass is 19.1. The zero-order valence-electron chi connectivity index (χ0n) is 13.9. The van der Waals surface area contributed by atoms with Gasteiger partial charge in [0, 0.05) is 6.54 Å². The molecule has 2 aromatic rings. The Hall–Kier alpha value is -2.20. The van der Waals surface area contributed by atoms with Crippen LogP contribution in [0.4, 0.5) is 4.39 Å². The minimum Gasteiger partial charge on any atom is -0.348 e. The summed E-state index contributed by atoms with van der Waals surface area (Å²) in [7, 11) is 0. The molecule has 0 aromatic heterocycles. The van der Waals surface area contributed by atoms with Crippen molar-refractivity contribution in [2.45, 2.75) is 25.3 Å². The first-order chi connectivity index (χ1) is 11.6. The van der Waals surface area contributed by atoms with Crippen LogP contribution in [0, 0.1) is 5.82 Å². The van der Waals surface area contributed by atoms with Gasteiger partial charge in [0.05, 0.1) is 12.6 Å². The van der Waals surface area contributed by atoms with Gasteiger partial charge in [-0.15, -0.1) is 0 Å². The van der Waals surface area contributed by atoms with E-state index in [1.807, 2.05) is 13.0 Å². The first-order valence-electron chi connectivity index (χ1n) is 8.44. The smallest absolute Gasteiger partial charge is 0.234 e. The summed E-state index contributed by atoms with van der Waals surface area (Å²) in [6, 6.07) is 16.6. The highest BCUT2D eigenvalue weighted by Gasteiger charge is 2.25. The fourth-order valence-corrected chi connectivity index (χ4v) is 3.30. The first kappa shape index (κ1) is 16.7. The van der Waals surface area contributed by atoms with Crippen molar-refractivity contribution < 1.29 is 9.18 Å². The number of nitrogens with zero attached hydrogens (tertiary/aromatic N) is 1. The van der Waals surface area contributed by atoms with Crippen molar-refractivity contribution in [3.8, 4) is 0 Å². The average molecular weight is 326 g/mol. The molecule has 0 aliphatic carbocycles. The van der Waals surface area contributed by atoms with Gasteiger partial charge in [0.1, 0.15) is 5.82 Å². The number of amides is 1. The lowest BCUT2D eigenvalue weighted by Crippen LogP contribution is -2.37. The minimum atomic E-state index is -0.263. The highest BCUT2D eigenvalue weighted by Crippen LogP contribution is 2.26.